The highest BCUT2D eigenvalue weighted by atomic mass is 79.9. The van der Waals surface area contributed by atoms with Gasteiger partial charge in [0.25, 0.3) is 0 Å². The molecule has 0 rings (SSSR count). The maximum Gasteiger partial charge on any atom is 0.170 e. The molecule has 7 heavy (non-hydrogen) atoms. The molecule has 0 saturated carbocycles. The van der Waals surface area contributed by atoms with Gasteiger partial charge in [-0.1, -0.05) is 0 Å². The standard InChI is InChI=1S/C3H5BrO3/c4-3(1-5)7-2-6/h1,3,6H,2H2. The minimum absolute atomic E-state index is 0.436. The highest BCUT2D eigenvalue weighted by Crippen LogP contribution is 1.94. The van der Waals surface area contributed by atoms with E-state index in [1.54, 1.807) is 0 Å². The third-order valence-electron chi connectivity index (χ3n) is 0.341. The largest absolute Gasteiger partial charge is 0.371 e. The highest BCUT2D eigenvalue weighted by molar-refractivity contribution is 9.09. The van der Waals surface area contributed by atoms with Crippen LogP contribution in [0.5, 0.6) is 0 Å². The van der Waals surface area contributed by atoms with E-state index in [2.05, 4.69) is 20.7 Å². The number of aldehydes is 1. The van der Waals surface area contributed by atoms with Gasteiger partial charge < -0.3 is 9.84 Å². The van der Waals surface area contributed by atoms with Gasteiger partial charge in [0.15, 0.2) is 11.3 Å². The van der Waals surface area contributed by atoms with E-state index in [-0.39, 0.29) is 0 Å². The molecule has 0 fully saturated rings. The van der Waals surface area contributed by atoms with Crippen LogP contribution in [0.15, 0.2) is 0 Å². The Labute approximate surface area is 49.4 Å². The molecular formula is C3H5BrO3. The molecule has 1 N–H and O–H groups in total. The zero-order chi connectivity index (χ0) is 5.70. The predicted octanol–water partition coefficient (Wildman–Crippen LogP) is -0.127. The average molecular weight is 169 g/mol. The first kappa shape index (κ1) is 7.07. The van der Waals surface area contributed by atoms with Crippen molar-refractivity contribution in [3.8, 4) is 0 Å². The van der Waals surface area contributed by atoms with Crippen LogP contribution in [0.1, 0.15) is 0 Å². The summed E-state index contributed by atoms with van der Waals surface area (Å²) in [6.45, 7) is -0.436. The fourth-order valence-electron chi connectivity index (χ4n) is 0.110. The Morgan fingerprint density at radius 2 is 2.57 bits per heavy atom. The lowest BCUT2D eigenvalue weighted by Gasteiger charge is -1.96. The summed E-state index contributed by atoms with van der Waals surface area (Å²) in [7, 11) is 0. The molecule has 0 aromatic heterocycles. The summed E-state index contributed by atoms with van der Waals surface area (Å²) in [6.07, 6.45) is 0.538. The van der Waals surface area contributed by atoms with Gasteiger partial charge in [0, 0.05) is 0 Å². The Morgan fingerprint density at radius 3 is 2.71 bits per heavy atom. The molecule has 0 aromatic carbocycles. The molecule has 0 amide bonds. The number of carbonyl (C=O) groups is 1. The lowest BCUT2D eigenvalue weighted by atomic mass is 10.8. The summed E-state index contributed by atoms with van der Waals surface area (Å²) in [4.78, 5) is 9.61. The Hall–Kier alpha value is 0.0700. The lowest BCUT2D eigenvalue weighted by molar-refractivity contribution is -0.117. The van der Waals surface area contributed by atoms with E-state index >= 15 is 0 Å². The minimum atomic E-state index is -0.669. The minimum Gasteiger partial charge on any atom is -0.371 e. The van der Waals surface area contributed by atoms with Gasteiger partial charge in [-0.05, 0) is 15.9 Å². The molecule has 0 bridgehead atoms. The molecule has 0 aliphatic heterocycles. The molecule has 42 valence electrons. The number of rotatable bonds is 3. The van der Waals surface area contributed by atoms with Crippen molar-refractivity contribution >= 4 is 22.2 Å². The molecule has 0 heterocycles. The van der Waals surface area contributed by atoms with Gasteiger partial charge in [-0.3, -0.25) is 4.79 Å². The van der Waals surface area contributed by atoms with Crippen molar-refractivity contribution in [3.05, 3.63) is 0 Å². The van der Waals surface area contributed by atoms with Crippen LogP contribution >= 0.6 is 15.9 Å². The molecule has 0 aromatic rings. The first-order valence-electron chi connectivity index (χ1n) is 1.63. The Bertz CT molecular complexity index is 56.1. The van der Waals surface area contributed by atoms with E-state index < -0.39 is 11.8 Å². The summed E-state index contributed by atoms with van der Waals surface area (Å²) in [5.74, 6) is 0. The summed E-state index contributed by atoms with van der Waals surface area (Å²) in [5, 5.41) is 7.29. The van der Waals surface area contributed by atoms with Crippen molar-refractivity contribution < 1.29 is 14.6 Å². The van der Waals surface area contributed by atoms with Crippen LogP contribution in [0.2, 0.25) is 0 Å². The van der Waals surface area contributed by atoms with Crippen LogP contribution in [0.25, 0.3) is 0 Å². The van der Waals surface area contributed by atoms with Crippen LogP contribution in [0, 0.1) is 0 Å². The highest BCUT2D eigenvalue weighted by Gasteiger charge is 1.95. The smallest absolute Gasteiger partial charge is 0.170 e. The number of aliphatic hydroxyl groups is 1. The van der Waals surface area contributed by atoms with Crippen molar-refractivity contribution in [1.82, 2.24) is 0 Å². The first-order valence-corrected chi connectivity index (χ1v) is 2.54. The second-order valence-corrected chi connectivity index (χ2v) is 1.69. The molecule has 0 radical (unpaired) electrons. The zero-order valence-corrected chi connectivity index (χ0v) is 5.09. The van der Waals surface area contributed by atoms with Gasteiger partial charge in [-0.25, -0.2) is 0 Å². The number of aliphatic hydroxyl groups excluding tert-OH is 1. The molecule has 0 spiro atoms. The second-order valence-electron chi connectivity index (χ2n) is 0.783. The summed E-state index contributed by atoms with van der Waals surface area (Å²) < 4.78 is 4.30. The fraction of sp³-hybridized carbons (Fsp3) is 0.667. The van der Waals surface area contributed by atoms with Gasteiger partial charge in [-0.2, -0.15) is 0 Å². The molecule has 0 saturated heterocycles. The molecule has 4 heteroatoms. The molecule has 0 aliphatic carbocycles. The third-order valence-corrected chi connectivity index (χ3v) is 0.821. The van der Waals surface area contributed by atoms with E-state index in [4.69, 9.17) is 5.11 Å². The lowest BCUT2D eigenvalue weighted by Crippen LogP contribution is -2.05. The molecule has 3 nitrogen and oxygen atoms in total. The van der Waals surface area contributed by atoms with E-state index in [0.717, 1.165) is 0 Å². The van der Waals surface area contributed by atoms with E-state index in [0.29, 0.717) is 6.29 Å². The number of halogens is 1. The SMILES string of the molecule is O=CC(Br)OCO. The van der Waals surface area contributed by atoms with Crippen molar-refractivity contribution in [2.75, 3.05) is 6.79 Å². The van der Waals surface area contributed by atoms with Crippen molar-refractivity contribution in [2.45, 2.75) is 5.01 Å². The van der Waals surface area contributed by atoms with Crippen LogP contribution < -0.4 is 0 Å². The number of hydrogen-bond donors (Lipinski definition) is 1. The van der Waals surface area contributed by atoms with Gasteiger partial charge in [0.1, 0.15) is 6.79 Å². The van der Waals surface area contributed by atoms with Crippen molar-refractivity contribution in [2.24, 2.45) is 0 Å². The predicted molar refractivity (Wildman–Crippen MR) is 26.9 cm³/mol. The maximum atomic E-state index is 9.61. The topological polar surface area (TPSA) is 46.5 Å². The number of carbonyl (C=O) groups excluding carboxylic acids is 1. The summed E-state index contributed by atoms with van der Waals surface area (Å²) >= 11 is 2.79. The monoisotopic (exact) mass is 168 g/mol. The Balaban J connectivity index is 2.98. The van der Waals surface area contributed by atoms with Crippen LogP contribution in [-0.4, -0.2) is 23.2 Å². The quantitative estimate of drug-likeness (QED) is 0.363. The van der Waals surface area contributed by atoms with Gasteiger partial charge in [-0.15, -0.1) is 0 Å². The maximum absolute atomic E-state index is 9.61. The van der Waals surface area contributed by atoms with E-state index in [9.17, 15) is 4.79 Å². The molecular weight excluding hydrogens is 164 g/mol. The first-order chi connectivity index (χ1) is 3.31. The van der Waals surface area contributed by atoms with Gasteiger partial charge in [0.2, 0.25) is 0 Å². The molecule has 0 aliphatic rings. The van der Waals surface area contributed by atoms with Gasteiger partial charge in [0.05, 0.1) is 0 Å². The fourth-order valence-corrected chi connectivity index (χ4v) is 0.229. The van der Waals surface area contributed by atoms with Crippen LogP contribution in [-0.2, 0) is 9.53 Å². The van der Waals surface area contributed by atoms with Crippen LogP contribution in [0.4, 0.5) is 0 Å². The number of alkyl halides is 1. The summed E-state index contributed by atoms with van der Waals surface area (Å²) in [6, 6.07) is 0. The van der Waals surface area contributed by atoms with Gasteiger partial charge >= 0.3 is 0 Å². The number of hydrogen-bond acceptors (Lipinski definition) is 3. The second kappa shape index (κ2) is 4.23. The number of ether oxygens (including phenoxy) is 1. The molecule has 1 atom stereocenters. The summed E-state index contributed by atoms with van der Waals surface area (Å²) in [5.41, 5.74) is 0. The van der Waals surface area contributed by atoms with Crippen LogP contribution in [0.3, 0.4) is 0 Å². The Kier molecular flexibility index (Phi) is 4.28. The average Bonchev–Trinajstić information content (AvgIpc) is 1.68. The van der Waals surface area contributed by atoms with E-state index in [1.165, 1.54) is 0 Å². The van der Waals surface area contributed by atoms with Crippen molar-refractivity contribution in [1.29, 1.82) is 0 Å². The van der Waals surface area contributed by atoms with E-state index in [1.807, 2.05) is 0 Å². The Morgan fingerprint density at radius 1 is 2.00 bits per heavy atom. The molecule has 1 unspecified atom stereocenters. The normalized spacial score (nSPS) is 13.4. The van der Waals surface area contributed by atoms with Crippen molar-refractivity contribution in [3.63, 3.8) is 0 Å². The zero-order valence-electron chi connectivity index (χ0n) is 3.50. The third kappa shape index (κ3) is 3.91.